The number of benzene rings is 1. The first-order chi connectivity index (χ1) is 15.0. The molecule has 1 N–H and O–H groups in total. The van der Waals surface area contributed by atoms with E-state index in [1.807, 2.05) is 0 Å². The molecular formula is C22H16N4O5. The molecular weight excluding hydrogens is 400 g/mol. The Labute approximate surface area is 176 Å². The molecule has 1 fully saturated rings. The Balaban J connectivity index is 1.86. The highest BCUT2D eigenvalue weighted by Gasteiger charge is 2.46. The van der Waals surface area contributed by atoms with E-state index in [2.05, 4.69) is 9.97 Å². The number of aliphatic hydroxyl groups excluding tert-OH is 1. The molecule has 9 nitrogen and oxygen atoms in total. The molecule has 3 heterocycles. The predicted molar refractivity (Wildman–Crippen MR) is 109 cm³/mol. The maximum absolute atomic E-state index is 12.9. The van der Waals surface area contributed by atoms with Crippen molar-refractivity contribution in [1.29, 1.82) is 0 Å². The van der Waals surface area contributed by atoms with Crippen LogP contribution in [-0.2, 0) is 16.1 Å². The molecule has 1 aromatic carbocycles. The van der Waals surface area contributed by atoms with Gasteiger partial charge in [-0.05, 0) is 23.8 Å². The fraction of sp³-hybridized carbons (Fsp3) is 0.0909. The van der Waals surface area contributed by atoms with Crippen LogP contribution >= 0.6 is 0 Å². The van der Waals surface area contributed by atoms with Crippen molar-refractivity contribution in [3.63, 3.8) is 0 Å². The van der Waals surface area contributed by atoms with Gasteiger partial charge in [0, 0.05) is 36.3 Å². The van der Waals surface area contributed by atoms with Crippen LogP contribution in [0.15, 0.2) is 78.8 Å². The van der Waals surface area contributed by atoms with Crippen molar-refractivity contribution < 1.29 is 19.6 Å². The lowest BCUT2D eigenvalue weighted by atomic mass is 9.96. The van der Waals surface area contributed by atoms with Crippen molar-refractivity contribution in [3.05, 3.63) is 106 Å². The second kappa shape index (κ2) is 8.15. The quantitative estimate of drug-likeness (QED) is 0.223. The van der Waals surface area contributed by atoms with E-state index >= 15 is 0 Å². The average Bonchev–Trinajstić information content (AvgIpc) is 3.05. The van der Waals surface area contributed by atoms with E-state index in [0.717, 1.165) is 6.07 Å². The zero-order valence-electron chi connectivity index (χ0n) is 16.1. The summed E-state index contributed by atoms with van der Waals surface area (Å²) < 4.78 is 0. The van der Waals surface area contributed by atoms with Crippen LogP contribution in [0.25, 0.3) is 5.76 Å². The number of non-ortho nitro benzene ring substituents is 1. The molecule has 1 amide bonds. The molecule has 9 heteroatoms. The molecule has 154 valence electrons. The highest BCUT2D eigenvalue weighted by molar-refractivity contribution is 6.46. The van der Waals surface area contributed by atoms with Gasteiger partial charge in [0.1, 0.15) is 5.76 Å². The molecule has 1 aliphatic heterocycles. The normalized spacial score (nSPS) is 17.7. The van der Waals surface area contributed by atoms with Crippen LogP contribution in [0.1, 0.15) is 22.9 Å². The Bertz CT molecular complexity index is 1190. The molecule has 0 saturated carbocycles. The van der Waals surface area contributed by atoms with Crippen molar-refractivity contribution in [1.82, 2.24) is 14.9 Å². The van der Waals surface area contributed by atoms with Crippen LogP contribution < -0.4 is 0 Å². The Morgan fingerprint density at radius 3 is 2.61 bits per heavy atom. The van der Waals surface area contributed by atoms with E-state index in [4.69, 9.17) is 0 Å². The summed E-state index contributed by atoms with van der Waals surface area (Å²) in [5.74, 6) is -2.17. The van der Waals surface area contributed by atoms with Crippen LogP contribution in [0.2, 0.25) is 0 Å². The summed E-state index contributed by atoms with van der Waals surface area (Å²) in [5.41, 5.74) is 0.747. The molecule has 2 aromatic heterocycles. The number of aliphatic hydroxyl groups is 1. The molecule has 0 radical (unpaired) electrons. The minimum absolute atomic E-state index is 0.0384. The smallest absolute Gasteiger partial charge is 0.296 e. The molecule has 4 rings (SSSR count). The third-order valence-corrected chi connectivity index (χ3v) is 4.93. The maximum atomic E-state index is 12.9. The van der Waals surface area contributed by atoms with E-state index in [-0.39, 0.29) is 23.4 Å². The summed E-state index contributed by atoms with van der Waals surface area (Å²) in [6.45, 7) is 0.0384. The number of carbonyl (C=O) groups excluding carboxylic acids is 2. The van der Waals surface area contributed by atoms with Gasteiger partial charge in [0.25, 0.3) is 17.4 Å². The topological polar surface area (TPSA) is 127 Å². The number of nitrogens with zero attached hydrogens (tertiary/aromatic N) is 4. The van der Waals surface area contributed by atoms with Gasteiger partial charge in [-0.3, -0.25) is 29.7 Å². The number of hydrogen-bond acceptors (Lipinski definition) is 7. The summed E-state index contributed by atoms with van der Waals surface area (Å²) in [7, 11) is 0. The molecule has 1 aliphatic rings. The van der Waals surface area contributed by atoms with Gasteiger partial charge in [-0.25, -0.2) is 0 Å². The molecule has 1 saturated heterocycles. The van der Waals surface area contributed by atoms with E-state index in [1.165, 1.54) is 29.3 Å². The minimum Gasteiger partial charge on any atom is -0.507 e. The third-order valence-electron chi connectivity index (χ3n) is 4.93. The number of pyridine rings is 2. The van der Waals surface area contributed by atoms with Crippen LogP contribution in [0.3, 0.4) is 0 Å². The van der Waals surface area contributed by atoms with Gasteiger partial charge in [-0.15, -0.1) is 0 Å². The van der Waals surface area contributed by atoms with Crippen LogP contribution in [0.5, 0.6) is 0 Å². The zero-order valence-corrected chi connectivity index (χ0v) is 16.1. The molecule has 3 aromatic rings. The Morgan fingerprint density at radius 2 is 1.94 bits per heavy atom. The number of nitro benzene ring substituents is 1. The second-order valence-corrected chi connectivity index (χ2v) is 6.84. The standard InChI is InChI=1S/C22H16N4O5/c27-20(14-5-3-8-17(11-14)26(30)31)18-19(15-6-4-9-23-12-15)25(22(29)21(18)28)13-16-7-1-2-10-24-16/h1-12,19,27H,13H2/b20-18-. The lowest BCUT2D eigenvalue weighted by Gasteiger charge is -2.24. The van der Waals surface area contributed by atoms with Crippen molar-refractivity contribution in [2.45, 2.75) is 12.6 Å². The fourth-order valence-corrected chi connectivity index (χ4v) is 3.52. The summed E-state index contributed by atoms with van der Waals surface area (Å²) in [4.78, 5) is 45.9. The lowest BCUT2D eigenvalue weighted by Crippen LogP contribution is -2.29. The monoisotopic (exact) mass is 416 g/mol. The van der Waals surface area contributed by atoms with E-state index in [0.29, 0.717) is 11.3 Å². The summed E-state index contributed by atoms with van der Waals surface area (Å²) in [5, 5.41) is 22.1. The molecule has 1 atom stereocenters. The molecule has 0 spiro atoms. The number of aromatic nitrogens is 2. The van der Waals surface area contributed by atoms with Gasteiger partial charge in [0.15, 0.2) is 0 Å². The Kier molecular flexibility index (Phi) is 5.23. The third kappa shape index (κ3) is 3.76. The van der Waals surface area contributed by atoms with E-state index in [1.54, 1.807) is 42.7 Å². The summed E-state index contributed by atoms with van der Waals surface area (Å²) >= 11 is 0. The second-order valence-electron chi connectivity index (χ2n) is 6.84. The highest BCUT2D eigenvalue weighted by Crippen LogP contribution is 2.40. The van der Waals surface area contributed by atoms with Crippen LogP contribution in [0, 0.1) is 10.1 Å². The zero-order chi connectivity index (χ0) is 22.0. The molecule has 0 aliphatic carbocycles. The van der Waals surface area contributed by atoms with Crippen molar-refractivity contribution in [2.75, 3.05) is 0 Å². The number of carbonyl (C=O) groups is 2. The predicted octanol–water partition coefficient (Wildman–Crippen LogP) is 3.01. The number of rotatable bonds is 5. The molecule has 0 bridgehead atoms. The van der Waals surface area contributed by atoms with Gasteiger partial charge in [0.05, 0.1) is 28.8 Å². The SMILES string of the molecule is O=C1C(=O)N(Cc2ccccn2)C(c2cccnc2)/C1=C(/O)c1cccc([N+](=O)[O-])c1. The van der Waals surface area contributed by atoms with Crippen molar-refractivity contribution >= 4 is 23.1 Å². The first-order valence-corrected chi connectivity index (χ1v) is 9.30. The molecule has 1 unspecified atom stereocenters. The minimum atomic E-state index is -0.921. The number of amides is 1. The maximum Gasteiger partial charge on any atom is 0.296 e. The number of hydrogen-bond donors (Lipinski definition) is 1. The van der Waals surface area contributed by atoms with Crippen molar-refractivity contribution in [3.8, 4) is 0 Å². The summed E-state index contributed by atoms with van der Waals surface area (Å²) in [6, 6.07) is 12.9. The van der Waals surface area contributed by atoms with E-state index < -0.39 is 28.4 Å². The van der Waals surface area contributed by atoms with E-state index in [9.17, 15) is 24.8 Å². The van der Waals surface area contributed by atoms with Gasteiger partial charge >= 0.3 is 0 Å². The van der Waals surface area contributed by atoms with Gasteiger partial charge in [0.2, 0.25) is 0 Å². The van der Waals surface area contributed by atoms with Crippen LogP contribution in [0.4, 0.5) is 5.69 Å². The number of ketones is 1. The average molecular weight is 416 g/mol. The van der Waals surface area contributed by atoms with Gasteiger partial charge in [-0.1, -0.05) is 24.3 Å². The number of Topliss-reactive ketones (excluding diaryl/α,β-unsaturated/α-hetero) is 1. The van der Waals surface area contributed by atoms with Crippen molar-refractivity contribution in [2.24, 2.45) is 0 Å². The first-order valence-electron chi connectivity index (χ1n) is 9.30. The lowest BCUT2D eigenvalue weighted by molar-refractivity contribution is -0.384. The molecule has 31 heavy (non-hydrogen) atoms. The van der Waals surface area contributed by atoms with Gasteiger partial charge < -0.3 is 10.0 Å². The first kappa shape index (κ1) is 19.9. The number of likely N-dealkylation sites (tertiary alicyclic amines) is 1. The highest BCUT2D eigenvalue weighted by atomic mass is 16.6. The number of nitro groups is 1. The summed E-state index contributed by atoms with van der Waals surface area (Å²) in [6.07, 6.45) is 4.63. The fourth-order valence-electron chi connectivity index (χ4n) is 3.52. The Morgan fingerprint density at radius 1 is 1.10 bits per heavy atom. The van der Waals surface area contributed by atoms with Gasteiger partial charge in [-0.2, -0.15) is 0 Å². The largest absolute Gasteiger partial charge is 0.507 e. The Hall–Kier alpha value is -4.40. The van der Waals surface area contributed by atoms with Crippen LogP contribution in [-0.4, -0.2) is 36.6 Å².